The number of aliphatic hydroxyl groups is 1. The van der Waals surface area contributed by atoms with E-state index in [1.165, 1.54) is 10.4 Å². The molecule has 0 saturated carbocycles. The second-order valence-corrected chi connectivity index (χ2v) is 7.34. The van der Waals surface area contributed by atoms with Gasteiger partial charge in [0.1, 0.15) is 17.3 Å². The van der Waals surface area contributed by atoms with Gasteiger partial charge in [0.2, 0.25) is 10.0 Å². The minimum Gasteiger partial charge on any atom is -0.450 e. The Labute approximate surface area is 128 Å². The van der Waals surface area contributed by atoms with E-state index >= 15 is 0 Å². The van der Waals surface area contributed by atoms with Gasteiger partial charge in [-0.2, -0.15) is 4.31 Å². The summed E-state index contributed by atoms with van der Waals surface area (Å²) < 4.78 is 32.0. The highest BCUT2D eigenvalue weighted by atomic mass is 79.9. The van der Waals surface area contributed by atoms with E-state index in [9.17, 15) is 8.42 Å². The Hall–Kier alpha value is -0.410. The maximum atomic E-state index is 12.6. The van der Waals surface area contributed by atoms with E-state index in [-0.39, 0.29) is 21.9 Å². The van der Waals surface area contributed by atoms with Crippen LogP contribution >= 0.6 is 15.9 Å². The predicted molar refractivity (Wildman–Crippen MR) is 79.9 cm³/mol. The Morgan fingerprint density at radius 2 is 1.95 bits per heavy atom. The van der Waals surface area contributed by atoms with Gasteiger partial charge in [0.25, 0.3) is 0 Å². The molecule has 0 bridgehead atoms. The van der Waals surface area contributed by atoms with Crippen LogP contribution in [0.2, 0.25) is 0 Å². The van der Waals surface area contributed by atoms with Gasteiger partial charge in [0, 0.05) is 25.7 Å². The summed E-state index contributed by atoms with van der Waals surface area (Å²) in [6, 6.07) is 1.36. The number of nitrogens with zero attached hydrogens (tertiary/aromatic N) is 2. The zero-order chi connectivity index (χ0) is 15.3. The largest absolute Gasteiger partial charge is 0.450 e. The van der Waals surface area contributed by atoms with Crippen LogP contribution in [0.15, 0.2) is 20.0 Å². The molecule has 0 aromatic carbocycles. The maximum Gasteiger partial charge on any atom is 0.247 e. The van der Waals surface area contributed by atoms with Crippen LogP contribution in [-0.2, 0) is 16.6 Å². The molecule has 6 nitrogen and oxygen atoms in total. The molecule has 0 radical (unpaired) electrons. The van der Waals surface area contributed by atoms with Crippen molar-refractivity contribution in [2.24, 2.45) is 0 Å². The topological polar surface area (TPSA) is 74.0 Å². The number of furan rings is 1. The zero-order valence-corrected chi connectivity index (χ0v) is 14.4. The van der Waals surface area contributed by atoms with Gasteiger partial charge >= 0.3 is 0 Å². The fraction of sp³-hybridized carbons (Fsp3) is 0.667. The molecule has 0 fully saturated rings. The molecule has 0 spiro atoms. The molecule has 0 aliphatic heterocycles. The Morgan fingerprint density at radius 3 is 2.40 bits per heavy atom. The highest BCUT2D eigenvalue weighted by molar-refractivity contribution is 9.10. The molecule has 1 aromatic rings. The highest BCUT2D eigenvalue weighted by Crippen LogP contribution is 2.28. The standard InChI is InChI=1S/C12H21BrN2O4S/c1-4-5-15(7-6-14(2)3)20(17,18)11-8-10(9-16)19-12(11)13/h8,16H,4-7,9H2,1-3H3. The lowest BCUT2D eigenvalue weighted by atomic mass is 10.4. The van der Waals surface area contributed by atoms with Crippen molar-refractivity contribution in [1.29, 1.82) is 0 Å². The first-order valence-electron chi connectivity index (χ1n) is 6.36. The van der Waals surface area contributed by atoms with E-state index in [1.54, 1.807) is 0 Å². The highest BCUT2D eigenvalue weighted by Gasteiger charge is 2.28. The van der Waals surface area contributed by atoms with Crippen LogP contribution in [0.25, 0.3) is 0 Å². The van der Waals surface area contributed by atoms with Crippen LogP contribution in [0.4, 0.5) is 0 Å². The molecular weight excluding hydrogens is 348 g/mol. The summed E-state index contributed by atoms with van der Waals surface area (Å²) in [6.07, 6.45) is 0.731. The van der Waals surface area contributed by atoms with Crippen molar-refractivity contribution in [3.05, 3.63) is 16.5 Å². The van der Waals surface area contributed by atoms with Gasteiger partial charge in [-0.3, -0.25) is 0 Å². The van der Waals surface area contributed by atoms with E-state index < -0.39 is 10.0 Å². The van der Waals surface area contributed by atoms with Crippen LogP contribution < -0.4 is 0 Å². The average molecular weight is 369 g/mol. The molecule has 116 valence electrons. The van der Waals surface area contributed by atoms with Crippen molar-refractivity contribution in [3.8, 4) is 0 Å². The number of halogens is 1. The van der Waals surface area contributed by atoms with Gasteiger partial charge < -0.3 is 14.4 Å². The van der Waals surface area contributed by atoms with Crippen molar-refractivity contribution in [1.82, 2.24) is 9.21 Å². The summed E-state index contributed by atoms with van der Waals surface area (Å²) in [5, 5.41) is 9.03. The monoisotopic (exact) mass is 368 g/mol. The van der Waals surface area contributed by atoms with Crippen LogP contribution in [-0.4, -0.2) is 56.5 Å². The first kappa shape index (κ1) is 17.6. The molecule has 0 saturated heterocycles. The summed E-state index contributed by atoms with van der Waals surface area (Å²) in [5.74, 6) is 0.222. The zero-order valence-electron chi connectivity index (χ0n) is 12.0. The van der Waals surface area contributed by atoms with Gasteiger partial charge in [0.05, 0.1) is 0 Å². The van der Waals surface area contributed by atoms with Gasteiger partial charge in [-0.05, 0) is 36.4 Å². The van der Waals surface area contributed by atoms with Crippen LogP contribution in [0.1, 0.15) is 19.1 Å². The Bertz CT molecular complexity index is 528. The van der Waals surface area contributed by atoms with Crippen LogP contribution in [0, 0.1) is 0 Å². The fourth-order valence-electron chi connectivity index (χ4n) is 1.70. The lowest BCUT2D eigenvalue weighted by molar-refractivity contribution is 0.245. The lowest BCUT2D eigenvalue weighted by Gasteiger charge is -2.22. The molecule has 1 N–H and O–H groups in total. The minimum atomic E-state index is -3.62. The first-order valence-corrected chi connectivity index (χ1v) is 8.60. The van der Waals surface area contributed by atoms with E-state index in [0.717, 1.165) is 6.42 Å². The van der Waals surface area contributed by atoms with E-state index in [1.807, 2.05) is 25.9 Å². The summed E-state index contributed by atoms with van der Waals surface area (Å²) >= 11 is 3.10. The first-order chi connectivity index (χ1) is 9.32. The summed E-state index contributed by atoms with van der Waals surface area (Å²) in [6.45, 7) is 3.10. The number of hydrogen-bond donors (Lipinski definition) is 1. The molecule has 0 amide bonds. The van der Waals surface area contributed by atoms with Crippen molar-refractivity contribution in [3.63, 3.8) is 0 Å². The average Bonchev–Trinajstić information content (AvgIpc) is 2.76. The lowest BCUT2D eigenvalue weighted by Crippen LogP contribution is -2.37. The molecule has 1 heterocycles. The minimum absolute atomic E-state index is 0.0637. The molecule has 0 aliphatic carbocycles. The van der Waals surface area contributed by atoms with Crippen LogP contribution in [0.3, 0.4) is 0 Å². The summed E-state index contributed by atoms with van der Waals surface area (Å²) in [7, 11) is 0.171. The molecule has 1 aromatic heterocycles. The molecule has 0 aliphatic rings. The molecule has 1 rings (SSSR count). The van der Waals surface area contributed by atoms with Gasteiger partial charge in [0.15, 0.2) is 4.67 Å². The Kier molecular flexibility index (Phi) is 6.67. The quantitative estimate of drug-likeness (QED) is 0.752. The Morgan fingerprint density at radius 1 is 1.30 bits per heavy atom. The molecule has 0 atom stereocenters. The number of likely N-dealkylation sites (N-methyl/N-ethyl adjacent to an activating group) is 1. The van der Waals surface area contributed by atoms with Crippen molar-refractivity contribution >= 4 is 26.0 Å². The molecule has 8 heteroatoms. The normalized spacial score (nSPS) is 12.6. The van der Waals surface area contributed by atoms with Crippen molar-refractivity contribution < 1.29 is 17.9 Å². The smallest absolute Gasteiger partial charge is 0.247 e. The molecule has 0 unspecified atom stereocenters. The third-order valence-electron chi connectivity index (χ3n) is 2.75. The second-order valence-electron chi connectivity index (χ2n) is 4.72. The van der Waals surface area contributed by atoms with Crippen molar-refractivity contribution in [2.45, 2.75) is 24.8 Å². The maximum absolute atomic E-state index is 12.6. The van der Waals surface area contributed by atoms with Gasteiger partial charge in [-0.25, -0.2) is 8.42 Å². The third-order valence-corrected chi connectivity index (χ3v) is 5.51. The number of hydrogen-bond acceptors (Lipinski definition) is 5. The molecular formula is C12H21BrN2O4S. The summed E-state index contributed by atoms with van der Waals surface area (Å²) in [4.78, 5) is 2.00. The van der Waals surface area contributed by atoms with E-state index in [2.05, 4.69) is 15.9 Å². The number of sulfonamides is 1. The SMILES string of the molecule is CCCN(CCN(C)C)S(=O)(=O)c1cc(CO)oc1Br. The van der Waals surface area contributed by atoms with Gasteiger partial charge in [-0.1, -0.05) is 6.92 Å². The Balaban J connectivity index is 3.05. The molecule has 20 heavy (non-hydrogen) atoms. The van der Waals surface area contributed by atoms with Crippen LogP contribution in [0.5, 0.6) is 0 Å². The summed E-state index contributed by atoms with van der Waals surface area (Å²) in [5.41, 5.74) is 0. The van der Waals surface area contributed by atoms with E-state index in [0.29, 0.717) is 19.6 Å². The second kappa shape index (κ2) is 7.56. The number of rotatable bonds is 8. The van der Waals surface area contributed by atoms with Gasteiger partial charge in [-0.15, -0.1) is 0 Å². The van der Waals surface area contributed by atoms with Crippen molar-refractivity contribution in [2.75, 3.05) is 33.7 Å². The fourth-order valence-corrected chi connectivity index (χ4v) is 4.19. The third kappa shape index (κ3) is 4.29. The number of aliphatic hydroxyl groups excluding tert-OH is 1. The predicted octanol–water partition coefficient (Wildman–Crippen LogP) is 1.50. The van der Waals surface area contributed by atoms with E-state index in [4.69, 9.17) is 9.52 Å².